The zero-order valence-electron chi connectivity index (χ0n) is 20.8. The van der Waals surface area contributed by atoms with Gasteiger partial charge in [-0.25, -0.2) is 4.79 Å². The Balaban J connectivity index is 1.58. The number of anilines is 1. The van der Waals surface area contributed by atoms with E-state index in [9.17, 15) is 9.59 Å². The van der Waals surface area contributed by atoms with Crippen molar-refractivity contribution in [1.82, 2.24) is 4.98 Å². The summed E-state index contributed by atoms with van der Waals surface area (Å²) in [5.74, 6) is 0.207. The van der Waals surface area contributed by atoms with Gasteiger partial charge in [0.15, 0.2) is 6.61 Å². The topological polar surface area (TPSA) is 68.3 Å². The molecule has 5 heteroatoms. The molecule has 1 atom stereocenters. The minimum Gasteiger partial charge on any atom is -0.452 e. The number of rotatable bonds is 6. The lowest BCUT2D eigenvalue weighted by molar-refractivity contribution is -0.119. The molecular formula is C29H34N2O3. The van der Waals surface area contributed by atoms with Crippen LogP contribution in [0.2, 0.25) is 0 Å². The molecule has 3 aromatic rings. The maximum absolute atomic E-state index is 13.3. The van der Waals surface area contributed by atoms with Crippen molar-refractivity contribution in [3.05, 3.63) is 70.4 Å². The maximum Gasteiger partial charge on any atom is 0.339 e. The SMILES string of the molecule is CC(C)c1cccc(C(C)C)c1NC(=O)COC(=O)c1c2c(nc3ccccc13)CC[C@@H](C)C2. The fraction of sp³-hybridized carbons (Fsp3) is 0.414. The summed E-state index contributed by atoms with van der Waals surface area (Å²) in [5.41, 5.74) is 6.28. The lowest BCUT2D eigenvalue weighted by atomic mass is 9.84. The molecule has 0 unspecified atom stereocenters. The number of carbonyl (C=O) groups is 2. The monoisotopic (exact) mass is 458 g/mol. The zero-order chi connectivity index (χ0) is 24.4. The van der Waals surface area contributed by atoms with Gasteiger partial charge in [0.25, 0.3) is 5.91 Å². The molecule has 0 fully saturated rings. The van der Waals surface area contributed by atoms with Crippen LogP contribution in [0.25, 0.3) is 10.9 Å². The molecule has 0 radical (unpaired) electrons. The first-order valence-electron chi connectivity index (χ1n) is 12.3. The van der Waals surface area contributed by atoms with Crippen LogP contribution in [-0.2, 0) is 22.4 Å². The summed E-state index contributed by atoms with van der Waals surface area (Å²) >= 11 is 0. The highest BCUT2D eigenvalue weighted by Crippen LogP contribution is 2.33. The van der Waals surface area contributed by atoms with E-state index in [0.29, 0.717) is 11.5 Å². The van der Waals surface area contributed by atoms with Gasteiger partial charge in [-0.3, -0.25) is 9.78 Å². The number of fused-ring (bicyclic) bond motifs is 2. The predicted molar refractivity (Wildman–Crippen MR) is 136 cm³/mol. The number of hydrogen-bond acceptors (Lipinski definition) is 4. The Morgan fingerprint density at radius 1 is 1.03 bits per heavy atom. The third-order valence-corrected chi connectivity index (χ3v) is 6.68. The van der Waals surface area contributed by atoms with Gasteiger partial charge in [-0.15, -0.1) is 0 Å². The third-order valence-electron chi connectivity index (χ3n) is 6.68. The molecule has 0 aliphatic heterocycles. The Labute approximate surface area is 201 Å². The highest BCUT2D eigenvalue weighted by Gasteiger charge is 2.26. The second-order valence-electron chi connectivity index (χ2n) is 10.0. The average molecular weight is 459 g/mol. The fourth-order valence-electron chi connectivity index (χ4n) is 4.87. The fourth-order valence-corrected chi connectivity index (χ4v) is 4.87. The molecule has 4 rings (SSSR count). The maximum atomic E-state index is 13.3. The molecule has 0 spiro atoms. The Bertz CT molecular complexity index is 1200. The Morgan fingerprint density at radius 2 is 1.71 bits per heavy atom. The first-order chi connectivity index (χ1) is 16.3. The molecule has 1 aliphatic rings. The molecule has 1 amide bonds. The molecule has 5 nitrogen and oxygen atoms in total. The molecule has 1 aliphatic carbocycles. The van der Waals surface area contributed by atoms with Gasteiger partial charge in [0, 0.05) is 16.8 Å². The molecule has 0 saturated heterocycles. The van der Waals surface area contributed by atoms with Crippen LogP contribution in [0.4, 0.5) is 5.69 Å². The Kier molecular flexibility index (Phi) is 7.01. The van der Waals surface area contributed by atoms with Crippen molar-refractivity contribution in [2.45, 2.75) is 65.7 Å². The van der Waals surface area contributed by atoms with Crippen LogP contribution in [0.5, 0.6) is 0 Å². The van der Waals surface area contributed by atoms with Crippen LogP contribution in [0.3, 0.4) is 0 Å². The summed E-state index contributed by atoms with van der Waals surface area (Å²) in [7, 11) is 0. The summed E-state index contributed by atoms with van der Waals surface area (Å²) in [5, 5.41) is 3.81. The van der Waals surface area contributed by atoms with Gasteiger partial charge in [-0.1, -0.05) is 71.0 Å². The van der Waals surface area contributed by atoms with Gasteiger partial charge >= 0.3 is 5.97 Å². The first-order valence-corrected chi connectivity index (χ1v) is 12.3. The Morgan fingerprint density at radius 3 is 2.38 bits per heavy atom. The third kappa shape index (κ3) is 4.84. The second kappa shape index (κ2) is 9.96. The van der Waals surface area contributed by atoms with Crippen LogP contribution in [-0.4, -0.2) is 23.5 Å². The van der Waals surface area contributed by atoms with E-state index in [0.717, 1.165) is 58.2 Å². The van der Waals surface area contributed by atoms with Crippen molar-refractivity contribution in [3.8, 4) is 0 Å². The van der Waals surface area contributed by atoms with Crippen LogP contribution >= 0.6 is 0 Å². The number of esters is 1. The molecule has 0 bridgehead atoms. The molecule has 34 heavy (non-hydrogen) atoms. The van der Waals surface area contributed by atoms with Crippen LogP contribution < -0.4 is 5.32 Å². The van der Waals surface area contributed by atoms with E-state index in [1.807, 2.05) is 42.5 Å². The van der Waals surface area contributed by atoms with Crippen molar-refractivity contribution in [1.29, 1.82) is 0 Å². The lowest BCUT2D eigenvalue weighted by Gasteiger charge is -2.24. The van der Waals surface area contributed by atoms with Gasteiger partial charge in [-0.05, 0) is 59.8 Å². The molecule has 178 valence electrons. The number of amides is 1. The second-order valence-corrected chi connectivity index (χ2v) is 10.0. The molecule has 1 N–H and O–H groups in total. The van der Waals surface area contributed by atoms with Gasteiger partial charge < -0.3 is 10.1 Å². The normalized spacial score (nSPS) is 15.4. The van der Waals surface area contributed by atoms with E-state index in [1.165, 1.54) is 0 Å². The number of pyridine rings is 1. The van der Waals surface area contributed by atoms with E-state index < -0.39 is 5.97 Å². The minimum atomic E-state index is -0.458. The van der Waals surface area contributed by atoms with E-state index >= 15 is 0 Å². The number of carbonyl (C=O) groups excluding carboxylic acids is 2. The van der Waals surface area contributed by atoms with Crippen LogP contribution in [0, 0.1) is 5.92 Å². The number of benzene rings is 2. The summed E-state index contributed by atoms with van der Waals surface area (Å²) in [4.78, 5) is 31.0. The smallest absolute Gasteiger partial charge is 0.339 e. The number of hydrogen-bond donors (Lipinski definition) is 1. The zero-order valence-corrected chi connectivity index (χ0v) is 20.8. The summed E-state index contributed by atoms with van der Waals surface area (Å²) in [6.07, 6.45) is 2.71. The summed E-state index contributed by atoms with van der Waals surface area (Å²) in [6, 6.07) is 13.8. The predicted octanol–water partition coefficient (Wildman–Crippen LogP) is 6.40. The number of nitrogens with zero attached hydrogens (tertiary/aromatic N) is 1. The van der Waals surface area contributed by atoms with E-state index in [1.54, 1.807) is 0 Å². The van der Waals surface area contributed by atoms with Crippen molar-refractivity contribution < 1.29 is 14.3 Å². The first kappa shape index (κ1) is 23.9. The van der Waals surface area contributed by atoms with Crippen molar-refractivity contribution >= 4 is 28.5 Å². The number of aromatic nitrogens is 1. The van der Waals surface area contributed by atoms with Crippen molar-refractivity contribution in [3.63, 3.8) is 0 Å². The molecule has 1 heterocycles. The molecule has 0 saturated carbocycles. The number of para-hydroxylation sites is 2. The van der Waals surface area contributed by atoms with E-state index in [4.69, 9.17) is 9.72 Å². The quantitative estimate of drug-likeness (QED) is 0.434. The number of ether oxygens (including phenoxy) is 1. The van der Waals surface area contributed by atoms with E-state index in [2.05, 4.69) is 39.9 Å². The molecule has 1 aromatic heterocycles. The van der Waals surface area contributed by atoms with Crippen LogP contribution in [0.1, 0.15) is 85.6 Å². The van der Waals surface area contributed by atoms with Gasteiger partial charge in [0.2, 0.25) is 0 Å². The molecule has 2 aromatic carbocycles. The summed E-state index contributed by atoms with van der Waals surface area (Å²) in [6.45, 7) is 10.3. The number of nitrogens with one attached hydrogen (secondary N) is 1. The summed E-state index contributed by atoms with van der Waals surface area (Å²) < 4.78 is 5.59. The standard InChI is InChI=1S/C29H34N2O3/c1-17(2)20-10-8-11-21(18(3)4)28(20)31-26(32)16-34-29(33)27-22-9-6-7-12-24(22)30-25-14-13-19(5)15-23(25)27/h6-12,17-19H,13-16H2,1-5H3,(H,31,32)/t19-/m1/s1. The van der Waals surface area contributed by atoms with E-state index in [-0.39, 0.29) is 24.3 Å². The number of aryl methyl sites for hydroxylation is 1. The van der Waals surface area contributed by atoms with Gasteiger partial charge in [-0.2, -0.15) is 0 Å². The van der Waals surface area contributed by atoms with Crippen molar-refractivity contribution in [2.75, 3.05) is 11.9 Å². The average Bonchev–Trinajstić information content (AvgIpc) is 2.81. The van der Waals surface area contributed by atoms with Crippen LogP contribution in [0.15, 0.2) is 42.5 Å². The minimum absolute atomic E-state index is 0.258. The lowest BCUT2D eigenvalue weighted by Crippen LogP contribution is -2.24. The van der Waals surface area contributed by atoms with Gasteiger partial charge in [0.05, 0.1) is 11.1 Å². The largest absolute Gasteiger partial charge is 0.452 e. The van der Waals surface area contributed by atoms with Gasteiger partial charge in [0.1, 0.15) is 0 Å². The highest BCUT2D eigenvalue weighted by molar-refractivity contribution is 6.06. The highest BCUT2D eigenvalue weighted by atomic mass is 16.5. The Hall–Kier alpha value is -3.21. The molecular weight excluding hydrogens is 424 g/mol. The van der Waals surface area contributed by atoms with Crippen molar-refractivity contribution in [2.24, 2.45) is 5.92 Å².